The maximum Gasteiger partial charge on any atom is 0.00892 e. The molecular formula is C12H23N. The van der Waals surface area contributed by atoms with Gasteiger partial charge in [-0.3, -0.25) is 0 Å². The summed E-state index contributed by atoms with van der Waals surface area (Å²) in [7, 11) is 0. The lowest BCUT2D eigenvalue weighted by atomic mass is 9.76. The topological polar surface area (TPSA) is 23.9 Å². The van der Waals surface area contributed by atoms with Gasteiger partial charge >= 0.3 is 0 Å². The first-order valence-electron chi connectivity index (χ1n) is 5.09. The lowest BCUT2D eigenvalue weighted by Crippen LogP contribution is -2.25. The van der Waals surface area contributed by atoms with Crippen LogP contribution in [-0.4, -0.2) is 5.71 Å². The van der Waals surface area contributed by atoms with Crippen molar-refractivity contribution in [1.29, 1.82) is 5.41 Å². The van der Waals surface area contributed by atoms with Crippen molar-refractivity contribution in [3.05, 3.63) is 12.7 Å². The second-order valence-electron chi connectivity index (χ2n) is 4.39. The van der Waals surface area contributed by atoms with Crippen LogP contribution in [0.5, 0.6) is 0 Å². The van der Waals surface area contributed by atoms with Crippen LogP contribution >= 0.6 is 0 Å². The molecule has 0 heterocycles. The van der Waals surface area contributed by atoms with Crippen LogP contribution in [0.2, 0.25) is 0 Å². The van der Waals surface area contributed by atoms with E-state index in [0.717, 1.165) is 5.71 Å². The Balaban J connectivity index is 4.44. The van der Waals surface area contributed by atoms with Gasteiger partial charge in [-0.05, 0) is 30.6 Å². The van der Waals surface area contributed by atoms with Crippen molar-refractivity contribution >= 4 is 5.71 Å². The van der Waals surface area contributed by atoms with Gasteiger partial charge in [-0.2, -0.15) is 0 Å². The second kappa shape index (κ2) is 5.21. The van der Waals surface area contributed by atoms with Gasteiger partial charge in [0.2, 0.25) is 0 Å². The number of hydrogen-bond donors (Lipinski definition) is 1. The third-order valence-corrected chi connectivity index (χ3v) is 3.12. The fourth-order valence-electron chi connectivity index (χ4n) is 1.82. The molecule has 76 valence electrons. The lowest BCUT2D eigenvalue weighted by Gasteiger charge is -2.29. The van der Waals surface area contributed by atoms with Crippen molar-refractivity contribution in [3.8, 4) is 0 Å². The van der Waals surface area contributed by atoms with Crippen LogP contribution in [0.1, 0.15) is 34.6 Å². The molecule has 0 aromatic carbocycles. The van der Waals surface area contributed by atoms with Crippen LogP contribution < -0.4 is 0 Å². The normalized spacial score (nSPS) is 18.0. The molecule has 0 fully saturated rings. The highest BCUT2D eigenvalue weighted by atomic mass is 14.4. The van der Waals surface area contributed by atoms with Crippen molar-refractivity contribution in [2.45, 2.75) is 34.6 Å². The van der Waals surface area contributed by atoms with Crippen molar-refractivity contribution < 1.29 is 0 Å². The molecule has 0 aliphatic rings. The molecule has 0 saturated carbocycles. The van der Waals surface area contributed by atoms with Gasteiger partial charge in [0.15, 0.2) is 0 Å². The maximum absolute atomic E-state index is 7.61. The quantitative estimate of drug-likeness (QED) is 0.493. The summed E-state index contributed by atoms with van der Waals surface area (Å²) in [4.78, 5) is 0. The minimum atomic E-state index is 0.366. The zero-order valence-corrected chi connectivity index (χ0v) is 9.59. The highest BCUT2D eigenvalue weighted by molar-refractivity contribution is 5.81. The smallest absolute Gasteiger partial charge is 0.00892 e. The fourth-order valence-corrected chi connectivity index (χ4v) is 1.82. The summed E-state index contributed by atoms with van der Waals surface area (Å²) in [6.07, 6.45) is 2.04. The van der Waals surface area contributed by atoms with Gasteiger partial charge in [0.1, 0.15) is 0 Å². The van der Waals surface area contributed by atoms with Gasteiger partial charge in [0.05, 0.1) is 0 Å². The molecule has 1 N–H and O–H groups in total. The molecule has 0 aromatic heterocycles. The Hall–Kier alpha value is -0.590. The summed E-state index contributed by atoms with van der Waals surface area (Å²) in [5.41, 5.74) is 0.778. The second-order valence-corrected chi connectivity index (χ2v) is 4.39. The average Bonchev–Trinajstić information content (AvgIpc) is 2.03. The van der Waals surface area contributed by atoms with Crippen molar-refractivity contribution in [2.75, 3.05) is 0 Å². The molecule has 1 heteroatoms. The van der Waals surface area contributed by atoms with E-state index in [2.05, 4.69) is 34.3 Å². The van der Waals surface area contributed by atoms with E-state index >= 15 is 0 Å². The summed E-state index contributed by atoms with van der Waals surface area (Å²) in [5.74, 6) is 2.03. The fraction of sp³-hybridized carbons (Fsp3) is 0.750. The predicted octanol–water partition coefficient (Wildman–Crippen LogP) is 3.76. The summed E-state index contributed by atoms with van der Waals surface area (Å²) in [6.45, 7) is 14.5. The molecule has 0 rings (SSSR count). The highest BCUT2D eigenvalue weighted by Gasteiger charge is 2.23. The van der Waals surface area contributed by atoms with E-state index in [1.807, 2.05) is 13.0 Å². The SMILES string of the molecule is C=CC(C(C)C)C(C)C(C)C(C)=N. The minimum absolute atomic E-state index is 0.366. The molecule has 0 aliphatic heterocycles. The van der Waals surface area contributed by atoms with Crippen molar-refractivity contribution in [1.82, 2.24) is 0 Å². The zero-order valence-electron chi connectivity index (χ0n) is 9.59. The van der Waals surface area contributed by atoms with Crippen LogP contribution in [-0.2, 0) is 0 Å². The van der Waals surface area contributed by atoms with Crippen LogP contribution in [0.4, 0.5) is 0 Å². The molecule has 0 aliphatic carbocycles. The van der Waals surface area contributed by atoms with Crippen LogP contribution in [0, 0.1) is 29.1 Å². The summed E-state index contributed by atoms with van der Waals surface area (Å²) in [5, 5.41) is 7.61. The Morgan fingerprint density at radius 1 is 1.23 bits per heavy atom. The zero-order chi connectivity index (χ0) is 10.6. The average molecular weight is 181 g/mol. The predicted molar refractivity (Wildman–Crippen MR) is 60.3 cm³/mol. The van der Waals surface area contributed by atoms with Gasteiger partial charge in [-0.1, -0.05) is 33.8 Å². The van der Waals surface area contributed by atoms with Crippen molar-refractivity contribution in [3.63, 3.8) is 0 Å². The van der Waals surface area contributed by atoms with Crippen molar-refractivity contribution in [2.24, 2.45) is 23.7 Å². The van der Waals surface area contributed by atoms with E-state index in [0.29, 0.717) is 23.7 Å². The number of allylic oxidation sites excluding steroid dienone is 1. The molecule has 1 nitrogen and oxygen atoms in total. The molecule has 0 radical (unpaired) electrons. The van der Waals surface area contributed by atoms with E-state index in [-0.39, 0.29) is 0 Å². The van der Waals surface area contributed by atoms with Gasteiger partial charge in [0.25, 0.3) is 0 Å². The standard InChI is InChI=1S/C12H23N/c1-7-12(8(2)3)10(5)9(4)11(6)13/h7-10,12-13H,1H2,2-6H3. The Morgan fingerprint density at radius 2 is 1.69 bits per heavy atom. The minimum Gasteiger partial charge on any atom is -0.310 e. The van der Waals surface area contributed by atoms with E-state index in [1.165, 1.54) is 0 Å². The first-order valence-corrected chi connectivity index (χ1v) is 5.09. The highest BCUT2D eigenvalue weighted by Crippen LogP contribution is 2.28. The largest absolute Gasteiger partial charge is 0.310 e. The molecule has 3 atom stereocenters. The Kier molecular flexibility index (Phi) is 4.97. The molecule has 13 heavy (non-hydrogen) atoms. The first kappa shape index (κ1) is 12.4. The molecule has 0 spiro atoms. The Morgan fingerprint density at radius 3 is 1.92 bits per heavy atom. The Labute approximate surface area is 82.7 Å². The van der Waals surface area contributed by atoms with Gasteiger partial charge in [0, 0.05) is 5.71 Å². The van der Waals surface area contributed by atoms with Gasteiger partial charge in [-0.15, -0.1) is 6.58 Å². The summed E-state index contributed by atoms with van der Waals surface area (Å²) < 4.78 is 0. The molecular weight excluding hydrogens is 158 g/mol. The van der Waals surface area contributed by atoms with Crippen LogP contribution in [0.25, 0.3) is 0 Å². The maximum atomic E-state index is 7.61. The molecule has 0 aromatic rings. The monoisotopic (exact) mass is 181 g/mol. The van der Waals surface area contributed by atoms with Crippen LogP contribution in [0.15, 0.2) is 12.7 Å². The van der Waals surface area contributed by atoms with Gasteiger partial charge in [-0.25, -0.2) is 0 Å². The molecule has 0 amide bonds. The number of hydrogen-bond acceptors (Lipinski definition) is 1. The third-order valence-electron chi connectivity index (χ3n) is 3.12. The van der Waals surface area contributed by atoms with Gasteiger partial charge < -0.3 is 5.41 Å². The number of nitrogens with one attached hydrogen (secondary N) is 1. The molecule has 0 bridgehead atoms. The number of rotatable bonds is 5. The Bertz CT molecular complexity index is 182. The lowest BCUT2D eigenvalue weighted by molar-refractivity contribution is 0.293. The van der Waals surface area contributed by atoms with Crippen LogP contribution in [0.3, 0.4) is 0 Å². The third kappa shape index (κ3) is 3.33. The molecule has 0 saturated heterocycles. The summed E-state index contributed by atoms with van der Waals surface area (Å²) in [6, 6.07) is 0. The van der Waals surface area contributed by atoms with E-state index in [9.17, 15) is 0 Å². The first-order chi connectivity index (χ1) is 5.91. The van der Waals surface area contributed by atoms with E-state index in [1.54, 1.807) is 0 Å². The van der Waals surface area contributed by atoms with E-state index in [4.69, 9.17) is 5.41 Å². The van der Waals surface area contributed by atoms with E-state index < -0.39 is 0 Å². The molecule has 3 unspecified atom stereocenters. The summed E-state index contributed by atoms with van der Waals surface area (Å²) >= 11 is 0.